The molecule has 0 aliphatic carbocycles. The topological polar surface area (TPSA) is 60.2 Å². The van der Waals surface area contributed by atoms with Crippen molar-refractivity contribution in [2.75, 3.05) is 5.38 Å². The highest BCUT2D eigenvalue weighted by Gasteiger charge is 2.19. The van der Waals surface area contributed by atoms with E-state index in [4.69, 9.17) is 5.14 Å². The van der Waals surface area contributed by atoms with Crippen LogP contribution in [0.15, 0.2) is 0 Å². The minimum absolute atomic E-state index is 0.181. The average Bonchev–Trinajstić information content (AvgIpc) is 1.14. The predicted molar refractivity (Wildman–Crippen MR) is 41.3 cm³/mol. The Morgan fingerprint density at radius 3 is 1.67 bits per heavy atom. The van der Waals surface area contributed by atoms with Crippen LogP contribution in [-0.2, 0) is 10.0 Å². The second kappa shape index (κ2) is 2.40. The quantitative estimate of drug-likeness (QED) is 0.595. The summed E-state index contributed by atoms with van der Waals surface area (Å²) in [6.07, 6.45) is 0. The highest BCUT2D eigenvalue weighted by molar-refractivity contribution is 7.90. The maximum Gasteiger partial charge on any atom is 0.206 e. The lowest BCUT2D eigenvalue weighted by Gasteiger charge is -2.12. The van der Waals surface area contributed by atoms with Gasteiger partial charge in [0.15, 0.2) is 0 Å². The molecule has 0 aromatic rings. The summed E-state index contributed by atoms with van der Waals surface area (Å²) in [5.74, 6) is 0. The van der Waals surface area contributed by atoms with Crippen LogP contribution >= 0.6 is 0 Å². The van der Waals surface area contributed by atoms with Crippen LogP contribution in [0, 0.1) is 0 Å². The van der Waals surface area contributed by atoms with Crippen LogP contribution in [-0.4, -0.2) is 21.9 Å². The zero-order chi connectivity index (χ0) is 7.71. The molecule has 56 valence electrons. The molecule has 5 heteroatoms. The number of rotatable bonds is 2. The Morgan fingerprint density at radius 2 is 1.67 bits per heavy atom. The molecule has 0 saturated heterocycles. The van der Waals surface area contributed by atoms with Crippen LogP contribution in [0.25, 0.3) is 0 Å². The van der Waals surface area contributed by atoms with Crippen LogP contribution in [0.5, 0.6) is 0 Å². The third-order valence-electron chi connectivity index (χ3n) is 0.634. The standard InChI is InChI=1S/C4H13NO2SSi/c1-9(2,3)4-8(5,6)7/h4H2,1-3H3,(H2,5,6,7). The molecule has 0 bridgehead atoms. The van der Waals surface area contributed by atoms with Crippen molar-refractivity contribution >= 4 is 18.1 Å². The number of hydrogen-bond donors (Lipinski definition) is 1. The number of hydrogen-bond acceptors (Lipinski definition) is 2. The van der Waals surface area contributed by atoms with Gasteiger partial charge in [0.2, 0.25) is 10.0 Å². The molecule has 2 N–H and O–H groups in total. The van der Waals surface area contributed by atoms with Crippen molar-refractivity contribution in [2.45, 2.75) is 19.6 Å². The molecule has 0 radical (unpaired) electrons. The van der Waals surface area contributed by atoms with Gasteiger partial charge in [-0.2, -0.15) is 0 Å². The third-order valence-corrected chi connectivity index (χ3v) is 5.71. The summed E-state index contributed by atoms with van der Waals surface area (Å²) in [6, 6.07) is 0. The monoisotopic (exact) mass is 167 g/mol. The van der Waals surface area contributed by atoms with Gasteiger partial charge in [-0.3, -0.25) is 0 Å². The van der Waals surface area contributed by atoms with Crippen molar-refractivity contribution in [3.8, 4) is 0 Å². The smallest absolute Gasteiger partial charge is 0.206 e. The van der Waals surface area contributed by atoms with Gasteiger partial charge in [-0.25, -0.2) is 13.6 Å². The Kier molecular flexibility index (Phi) is 2.43. The summed E-state index contributed by atoms with van der Waals surface area (Å²) < 4.78 is 20.9. The largest absolute Gasteiger partial charge is 0.229 e. The Bertz CT molecular complexity index is 179. The summed E-state index contributed by atoms with van der Waals surface area (Å²) >= 11 is 0. The highest BCUT2D eigenvalue weighted by Crippen LogP contribution is 2.01. The van der Waals surface area contributed by atoms with Crippen molar-refractivity contribution in [3.63, 3.8) is 0 Å². The van der Waals surface area contributed by atoms with E-state index in [1.165, 1.54) is 0 Å². The average molecular weight is 167 g/mol. The molecular weight excluding hydrogens is 154 g/mol. The van der Waals surface area contributed by atoms with E-state index in [0.717, 1.165) is 0 Å². The first-order valence-corrected chi connectivity index (χ1v) is 8.13. The van der Waals surface area contributed by atoms with Crippen LogP contribution in [0.2, 0.25) is 19.6 Å². The lowest BCUT2D eigenvalue weighted by molar-refractivity contribution is 0.601. The molecule has 0 atom stereocenters. The van der Waals surface area contributed by atoms with Crippen molar-refractivity contribution in [3.05, 3.63) is 0 Å². The van der Waals surface area contributed by atoms with E-state index in [9.17, 15) is 8.42 Å². The minimum atomic E-state index is -3.22. The summed E-state index contributed by atoms with van der Waals surface area (Å²) in [5.41, 5.74) is 0. The first-order chi connectivity index (χ1) is 3.71. The second-order valence-electron chi connectivity index (χ2n) is 3.37. The normalized spacial score (nSPS) is 13.8. The van der Waals surface area contributed by atoms with Crippen molar-refractivity contribution in [1.29, 1.82) is 0 Å². The van der Waals surface area contributed by atoms with E-state index in [1.54, 1.807) is 0 Å². The molecule has 9 heavy (non-hydrogen) atoms. The Balaban J connectivity index is 4.07. The number of primary sulfonamides is 1. The first kappa shape index (κ1) is 9.13. The van der Waals surface area contributed by atoms with Gasteiger partial charge in [0.1, 0.15) is 0 Å². The van der Waals surface area contributed by atoms with E-state index in [0.29, 0.717) is 0 Å². The van der Waals surface area contributed by atoms with E-state index >= 15 is 0 Å². The van der Waals surface area contributed by atoms with E-state index in [1.807, 2.05) is 19.6 Å². The van der Waals surface area contributed by atoms with Crippen LogP contribution in [0.4, 0.5) is 0 Å². The first-order valence-electron chi connectivity index (χ1n) is 2.71. The zero-order valence-electron chi connectivity index (χ0n) is 6.01. The van der Waals surface area contributed by atoms with Gasteiger partial charge in [-0.1, -0.05) is 19.6 Å². The summed E-state index contributed by atoms with van der Waals surface area (Å²) in [5, 5.41) is 5.01. The molecule has 0 spiro atoms. The Morgan fingerprint density at radius 1 is 1.33 bits per heavy atom. The fourth-order valence-corrected chi connectivity index (χ4v) is 5.43. The van der Waals surface area contributed by atoms with E-state index < -0.39 is 18.1 Å². The summed E-state index contributed by atoms with van der Waals surface area (Å²) in [7, 11) is -4.73. The van der Waals surface area contributed by atoms with Gasteiger partial charge in [-0.15, -0.1) is 0 Å². The fraction of sp³-hybridized carbons (Fsp3) is 1.00. The van der Waals surface area contributed by atoms with Crippen LogP contribution < -0.4 is 5.14 Å². The molecule has 0 unspecified atom stereocenters. The van der Waals surface area contributed by atoms with Gasteiger partial charge in [-0.05, 0) is 0 Å². The molecule has 0 rings (SSSR count). The maximum atomic E-state index is 10.5. The molecule has 0 heterocycles. The lowest BCUT2D eigenvalue weighted by atomic mass is 11.8. The Hall–Kier alpha value is 0.127. The maximum absolute atomic E-state index is 10.5. The Labute approximate surface area is 57.3 Å². The number of sulfonamides is 1. The molecule has 0 fully saturated rings. The van der Waals surface area contributed by atoms with Crippen LogP contribution in [0.1, 0.15) is 0 Å². The molecule has 0 saturated carbocycles. The summed E-state index contributed by atoms with van der Waals surface area (Å²) in [6.45, 7) is 5.91. The van der Waals surface area contributed by atoms with Gasteiger partial charge < -0.3 is 0 Å². The van der Waals surface area contributed by atoms with Gasteiger partial charge in [0.25, 0.3) is 0 Å². The van der Waals surface area contributed by atoms with Crippen molar-refractivity contribution in [2.24, 2.45) is 5.14 Å². The van der Waals surface area contributed by atoms with Crippen molar-refractivity contribution in [1.82, 2.24) is 0 Å². The molecule has 0 aromatic carbocycles. The SMILES string of the molecule is C[Si](C)(C)CS(N)(=O)=O. The zero-order valence-corrected chi connectivity index (χ0v) is 7.83. The minimum Gasteiger partial charge on any atom is -0.229 e. The van der Waals surface area contributed by atoms with E-state index in [-0.39, 0.29) is 5.38 Å². The molecular formula is C4H13NO2SSi. The third kappa shape index (κ3) is 8.13. The lowest BCUT2D eigenvalue weighted by Crippen LogP contribution is -2.35. The van der Waals surface area contributed by atoms with Crippen LogP contribution in [0.3, 0.4) is 0 Å². The second-order valence-corrected chi connectivity index (χ2v) is 11.0. The highest BCUT2D eigenvalue weighted by atomic mass is 32.2. The van der Waals surface area contributed by atoms with E-state index in [2.05, 4.69) is 0 Å². The molecule has 0 aliphatic heterocycles. The van der Waals surface area contributed by atoms with Gasteiger partial charge >= 0.3 is 0 Å². The van der Waals surface area contributed by atoms with Crippen molar-refractivity contribution < 1.29 is 8.42 Å². The van der Waals surface area contributed by atoms with Gasteiger partial charge in [0, 0.05) is 0 Å². The molecule has 0 aromatic heterocycles. The molecule has 0 aliphatic rings. The predicted octanol–water partition coefficient (Wildman–Crippen LogP) is 0.152. The fourth-order valence-electron chi connectivity index (χ4n) is 0.604. The molecule has 0 amide bonds. The summed E-state index contributed by atoms with van der Waals surface area (Å²) in [4.78, 5) is 0. The molecule has 3 nitrogen and oxygen atoms in total. The number of nitrogens with two attached hydrogens (primary N) is 1. The van der Waals surface area contributed by atoms with Gasteiger partial charge in [0.05, 0.1) is 13.5 Å².